The highest BCUT2D eigenvalue weighted by Crippen LogP contribution is 2.28. The van der Waals surface area contributed by atoms with Crippen LogP contribution in [-0.4, -0.2) is 7.11 Å². The van der Waals surface area contributed by atoms with E-state index >= 15 is 0 Å². The number of hydrogen-bond donors (Lipinski definition) is 0. The Morgan fingerprint density at radius 1 is 1.54 bits per heavy atom. The second-order valence-corrected chi connectivity index (χ2v) is 3.38. The average Bonchev–Trinajstić information content (AvgIpc) is 2.16. The van der Waals surface area contributed by atoms with Crippen LogP contribution < -0.4 is 4.74 Å². The van der Waals surface area contributed by atoms with E-state index in [1.54, 1.807) is 7.11 Å². The SMILES string of the molecule is COc1cccc(CCC#N)c1Br. The summed E-state index contributed by atoms with van der Waals surface area (Å²) in [7, 11) is 1.63. The summed E-state index contributed by atoms with van der Waals surface area (Å²) in [4.78, 5) is 0. The van der Waals surface area contributed by atoms with Crippen molar-refractivity contribution in [1.82, 2.24) is 0 Å². The van der Waals surface area contributed by atoms with Gasteiger partial charge in [0, 0.05) is 6.42 Å². The van der Waals surface area contributed by atoms with Crippen molar-refractivity contribution in [3.8, 4) is 11.8 Å². The van der Waals surface area contributed by atoms with Crippen LogP contribution in [0.15, 0.2) is 22.7 Å². The third-order valence-corrected chi connectivity index (χ3v) is 2.67. The lowest BCUT2D eigenvalue weighted by Crippen LogP contribution is -1.90. The monoisotopic (exact) mass is 239 g/mol. The number of hydrogen-bond acceptors (Lipinski definition) is 2. The van der Waals surface area contributed by atoms with Crippen LogP contribution >= 0.6 is 15.9 Å². The molecule has 0 aliphatic heterocycles. The maximum atomic E-state index is 8.45. The van der Waals surface area contributed by atoms with Crippen molar-refractivity contribution in [3.63, 3.8) is 0 Å². The van der Waals surface area contributed by atoms with Gasteiger partial charge in [-0.1, -0.05) is 12.1 Å². The second-order valence-electron chi connectivity index (χ2n) is 2.59. The fraction of sp³-hybridized carbons (Fsp3) is 0.300. The molecular formula is C10H10BrNO. The molecule has 0 heterocycles. The molecule has 3 heteroatoms. The van der Waals surface area contributed by atoms with E-state index in [0.29, 0.717) is 6.42 Å². The number of nitriles is 1. The van der Waals surface area contributed by atoms with Gasteiger partial charge in [0.2, 0.25) is 0 Å². The largest absolute Gasteiger partial charge is 0.496 e. The molecule has 0 N–H and O–H groups in total. The molecule has 0 aromatic heterocycles. The van der Waals surface area contributed by atoms with Gasteiger partial charge in [-0.05, 0) is 34.0 Å². The highest BCUT2D eigenvalue weighted by molar-refractivity contribution is 9.10. The number of halogens is 1. The zero-order valence-corrected chi connectivity index (χ0v) is 8.97. The maximum Gasteiger partial charge on any atom is 0.133 e. The first-order valence-corrected chi connectivity index (χ1v) is 4.77. The van der Waals surface area contributed by atoms with Gasteiger partial charge in [0.1, 0.15) is 5.75 Å². The van der Waals surface area contributed by atoms with Crippen molar-refractivity contribution < 1.29 is 4.74 Å². The molecule has 0 spiro atoms. The molecule has 1 rings (SSSR count). The van der Waals surface area contributed by atoms with Crippen molar-refractivity contribution >= 4 is 15.9 Å². The molecule has 0 aliphatic carbocycles. The number of ether oxygens (including phenoxy) is 1. The van der Waals surface area contributed by atoms with Crippen LogP contribution in [-0.2, 0) is 6.42 Å². The molecule has 0 saturated carbocycles. The number of aryl methyl sites for hydroxylation is 1. The lowest BCUT2D eigenvalue weighted by atomic mass is 10.1. The standard InChI is InChI=1S/C10H10BrNO/c1-13-9-6-2-4-8(10(9)11)5-3-7-12/h2,4,6H,3,5H2,1H3. The normalized spacial score (nSPS) is 9.31. The first-order valence-electron chi connectivity index (χ1n) is 3.98. The summed E-state index contributed by atoms with van der Waals surface area (Å²) < 4.78 is 6.09. The Labute approximate surface area is 86.3 Å². The molecular weight excluding hydrogens is 230 g/mol. The number of nitrogens with zero attached hydrogens (tertiary/aromatic N) is 1. The van der Waals surface area contributed by atoms with E-state index in [0.717, 1.165) is 22.2 Å². The van der Waals surface area contributed by atoms with Crippen LogP contribution in [0.2, 0.25) is 0 Å². The zero-order valence-electron chi connectivity index (χ0n) is 7.38. The van der Waals surface area contributed by atoms with Crippen LogP contribution in [0.4, 0.5) is 0 Å². The summed E-state index contributed by atoms with van der Waals surface area (Å²) in [5, 5.41) is 8.45. The van der Waals surface area contributed by atoms with Crippen molar-refractivity contribution in [2.24, 2.45) is 0 Å². The van der Waals surface area contributed by atoms with Gasteiger partial charge in [0.25, 0.3) is 0 Å². The Hall–Kier alpha value is -1.01. The van der Waals surface area contributed by atoms with Crippen LogP contribution in [0, 0.1) is 11.3 Å². The van der Waals surface area contributed by atoms with Crippen molar-refractivity contribution in [2.75, 3.05) is 7.11 Å². The van der Waals surface area contributed by atoms with Crippen LogP contribution in [0.1, 0.15) is 12.0 Å². The topological polar surface area (TPSA) is 33.0 Å². The van der Waals surface area contributed by atoms with Gasteiger partial charge in [-0.25, -0.2) is 0 Å². The minimum absolute atomic E-state index is 0.533. The molecule has 1 aromatic carbocycles. The first-order chi connectivity index (χ1) is 6.29. The first kappa shape index (κ1) is 10.1. The van der Waals surface area contributed by atoms with Gasteiger partial charge in [0.15, 0.2) is 0 Å². The highest BCUT2D eigenvalue weighted by Gasteiger charge is 2.04. The Bertz CT molecular complexity index is 330. The summed E-state index contributed by atoms with van der Waals surface area (Å²) in [6.07, 6.45) is 1.29. The maximum absolute atomic E-state index is 8.45. The fourth-order valence-electron chi connectivity index (χ4n) is 1.10. The Kier molecular flexibility index (Phi) is 3.78. The van der Waals surface area contributed by atoms with Gasteiger partial charge < -0.3 is 4.74 Å². The molecule has 68 valence electrons. The molecule has 0 atom stereocenters. The fourth-order valence-corrected chi connectivity index (χ4v) is 1.72. The van der Waals surface area contributed by atoms with Crippen LogP contribution in [0.5, 0.6) is 5.75 Å². The summed E-state index contributed by atoms with van der Waals surface area (Å²) in [5.74, 6) is 0.815. The van der Waals surface area contributed by atoms with Gasteiger partial charge in [-0.2, -0.15) is 5.26 Å². The summed E-state index contributed by atoms with van der Waals surface area (Å²) >= 11 is 3.44. The number of methoxy groups -OCH3 is 1. The zero-order chi connectivity index (χ0) is 9.68. The molecule has 2 nitrogen and oxygen atoms in total. The quantitative estimate of drug-likeness (QED) is 0.813. The van der Waals surface area contributed by atoms with E-state index < -0.39 is 0 Å². The van der Waals surface area contributed by atoms with Gasteiger partial charge in [-0.15, -0.1) is 0 Å². The van der Waals surface area contributed by atoms with E-state index in [-0.39, 0.29) is 0 Å². The number of benzene rings is 1. The van der Waals surface area contributed by atoms with Crippen LogP contribution in [0.3, 0.4) is 0 Å². The van der Waals surface area contributed by atoms with E-state index in [4.69, 9.17) is 10.00 Å². The summed E-state index contributed by atoms with van der Waals surface area (Å²) in [5.41, 5.74) is 1.11. The Balaban J connectivity index is 2.89. The van der Waals surface area contributed by atoms with E-state index in [1.807, 2.05) is 18.2 Å². The Morgan fingerprint density at radius 2 is 2.31 bits per heavy atom. The molecule has 0 bridgehead atoms. The molecule has 0 aliphatic rings. The molecule has 0 unspecified atom stereocenters. The Morgan fingerprint density at radius 3 is 2.92 bits per heavy atom. The smallest absolute Gasteiger partial charge is 0.133 e. The highest BCUT2D eigenvalue weighted by atomic mass is 79.9. The molecule has 0 amide bonds. The predicted molar refractivity (Wildman–Crippen MR) is 54.6 cm³/mol. The van der Waals surface area contributed by atoms with E-state index in [2.05, 4.69) is 22.0 Å². The van der Waals surface area contributed by atoms with E-state index in [9.17, 15) is 0 Å². The van der Waals surface area contributed by atoms with Gasteiger partial charge in [-0.3, -0.25) is 0 Å². The minimum Gasteiger partial charge on any atom is -0.496 e. The molecule has 0 saturated heterocycles. The third-order valence-electron chi connectivity index (χ3n) is 1.77. The lowest BCUT2D eigenvalue weighted by Gasteiger charge is -2.06. The average molecular weight is 240 g/mol. The van der Waals surface area contributed by atoms with Gasteiger partial charge >= 0.3 is 0 Å². The van der Waals surface area contributed by atoms with Crippen LogP contribution in [0.25, 0.3) is 0 Å². The molecule has 13 heavy (non-hydrogen) atoms. The van der Waals surface area contributed by atoms with Crippen molar-refractivity contribution in [2.45, 2.75) is 12.8 Å². The van der Waals surface area contributed by atoms with Crippen molar-refractivity contribution in [3.05, 3.63) is 28.2 Å². The predicted octanol–water partition coefficient (Wildman–Crippen LogP) is 2.91. The molecule has 1 aromatic rings. The molecule has 0 radical (unpaired) electrons. The summed E-state index contributed by atoms with van der Waals surface area (Å²) in [6, 6.07) is 7.92. The van der Waals surface area contributed by atoms with E-state index in [1.165, 1.54) is 0 Å². The number of rotatable bonds is 3. The summed E-state index contributed by atoms with van der Waals surface area (Å²) in [6.45, 7) is 0. The van der Waals surface area contributed by atoms with Crippen molar-refractivity contribution in [1.29, 1.82) is 5.26 Å². The minimum atomic E-state index is 0.533. The lowest BCUT2D eigenvalue weighted by molar-refractivity contribution is 0.411. The molecule has 0 fully saturated rings. The van der Waals surface area contributed by atoms with Gasteiger partial charge in [0.05, 0.1) is 17.7 Å². The second kappa shape index (κ2) is 4.88. The third kappa shape index (κ3) is 2.46.